The van der Waals surface area contributed by atoms with E-state index in [9.17, 15) is 13.2 Å². The van der Waals surface area contributed by atoms with Crippen LogP contribution < -0.4 is 0 Å². The molecule has 2 aromatic rings. The van der Waals surface area contributed by atoms with Crippen LogP contribution in [0.4, 0.5) is 0 Å². The lowest BCUT2D eigenvalue weighted by Crippen LogP contribution is -2.68. The molecule has 0 saturated carbocycles. The SMILES string of the molecule is Cc1cccc(C(=O)N2CC3(C2)C(COCc2ccccn2)CCS3(=O)=O)c1. The number of aromatic nitrogens is 1. The van der Waals surface area contributed by atoms with Crippen LogP contribution in [0.5, 0.6) is 0 Å². The van der Waals surface area contributed by atoms with Crippen LogP contribution in [0.1, 0.15) is 28.0 Å². The number of rotatable bonds is 5. The summed E-state index contributed by atoms with van der Waals surface area (Å²) in [5, 5.41) is 0. The summed E-state index contributed by atoms with van der Waals surface area (Å²) in [5.41, 5.74) is 2.44. The van der Waals surface area contributed by atoms with E-state index in [4.69, 9.17) is 4.74 Å². The van der Waals surface area contributed by atoms with Gasteiger partial charge in [0.25, 0.3) is 5.91 Å². The number of likely N-dealkylation sites (tertiary alicyclic amines) is 1. The lowest BCUT2D eigenvalue weighted by Gasteiger charge is -2.49. The van der Waals surface area contributed by atoms with Gasteiger partial charge in [-0.25, -0.2) is 8.42 Å². The standard InChI is InChI=1S/C21H24N2O4S/c1-16-5-4-6-17(11-16)20(24)23-14-21(15-23)18(8-10-28(21,25)26)12-27-13-19-7-2-3-9-22-19/h2-7,9,11,18H,8,10,12-15H2,1H3. The van der Waals surface area contributed by atoms with Gasteiger partial charge in [-0.3, -0.25) is 9.78 Å². The summed E-state index contributed by atoms with van der Waals surface area (Å²) in [7, 11) is -3.24. The molecule has 2 saturated heterocycles. The Bertz CT molecular complexity index is 969. The maximum Gasteiger partial charge on any atom is 0.253 e. The highest BCUT2D eigenvalue weighted by Crippen LogP contribution is 2.45. The van der Waals surface area contributed by atoms with Gasteiger partial charge in [0, 0.05) is 30.8 Å². The summed E-state index contributed by atoms with van der Waals surface area (Å²) in [6.45, 7) is 3.16. The van der Waals surface area contributed by atoms with Crippen molar-refractivity contribution in [2.75, 3.05) is 25.4 Å². The molecule has 7 heteroatoms. The Morgan fingerprint density at radius 3 is 2.79 bits per heavy atom. The third kappa shape index (κ3) is 3.33. The quantitative estimate of drug-likeness (QED) is 0.769. The first-order chi connectivity index (χ1) is 13.4. The molecule has 1 amide bonds. The van der Waals surface area contributed by atoms with Crippen LogP contribution in [0.2, 0.25) is 0 Å². The van der Waals surface area contributed by atoms with Crippen LogP contribution in [0.3, 0.4) is 0 Å². The number of nitrogens with zero attached hydrogens (tertiary/aromatic N) is 2. The van der Waals surface area contributed by atoms with Crippen LogP contribution in [0.15, 0.2) is 48.7 Å². The molecule has 4 rings (SSSR count). The summed E-state index contributed by atoms with van der Waals surface area (Å²) in [4.78, 5) is 18.6. The van der Waals surface area contributed by atoms with E-state index in [-0.39, 0.29) is 30.7 Å². The number of hydrogen-bond acceptors (Lipinski definition) is 5. The average molecular weight is 401 g/mol. The van der Waals surface area contributed by atoms with Crippen LogP contribution >= 0.6 is 0 Å². The van der Waals surface area contributed by atoms with E-state index in [0.717, 1.165) is 11.3 Å². The lowest BCUT2D eigenvalue weighted by molar-refractivity contribution is 0.0204. The number of hydrogen-bond donors (Lipinski definition) is 0. The molecule has 2 aliphatic rings. The van der Waals surface area contributed by atoms with E-state index < -0.39 is 14.6 Å². The summed E-state index contributed by atoms with van der Waals surface area (Å²) >= 11 is 0. The zero-order valence-corrected chi connectivity index (χ0v) is 16.7. The van der Waals surface area contributed by atoms with E-state index in [0.29, 0.717) is 25.2 Å². The molecule has 3 heterocycles. The first kappa shape index (κ1) is 19.1. The fourth-order valence-electron chi connectivity index (χ4n) is 4.20. The molecule has 1 aromatic carbocycles. The minimum atomic E-state index is -3.24. The normalized spacial score (nSPS) is 22.2. The smallest absolute Gasteiger partial charge is 0.253 e. The molecule has 2 fully saturated rings. The third-order valence-electron chi connectivity index (χ3n) is 5.86. The van der Waals surface area contributed by atoms with Gasteiger partial charge >= 0.3 is 0 Å². The average Bonchev–Trinajstić information content (AvgIpc) is 2.91. The van der Waals surface area contributed by atoms with Gasteiger partial charge < -0.3 is 9.64 Å². The van der Waals surface area contributed by atoms with Gasteiger partial charge in [-0.05, 0) is 37.6 Å². The third-order valence-corrected chi connectivity index (χ3v) is 8.47. The van der Waals surface area contributed by atoms with E-state index in [1.54, 1.807) is 17.2 Å². The molecule has 1 aromatic heterocycles. The minimum Gasteiger partial charge on any atom is -0.375 e. The largest absolute Gasteiger partial charge is 0.375 e. The summed E-state index contributed by atoms with van der Waals surface area (Å²) in [6.07, 6.45) is 2.29. The number of benzene rings is 1. The number of aryl methyl sites for hydroxylation is 1. The Morgan fingerprint density at radius 1 is 1.25 bits per heavy atom. The Hall–Kier alpha value is -2.25. The highest BCUT2D eigenvalue weighted by Gasteiger charge is 2.62. The first-order valence-corrected chi connectivity index (χ1v) is 11.1. The van der Waals surface area contributed by atoms with Crippen molar-refractivity contribution in [3.8, 4) is 0 Å². The molecule has 1 spiro atoms. The zero-order valence-electron chi connectivity index (χ0n) is 15.9. The van der Waals surface area contributed by atoms with Gasteiger partial charge in [-0.2, -0.15) is 0 Å². The molecule has 0 N–H and O–H groups in total. The van der Waals surface area contributed by atoms with E-state index >= 15 is 0 Å². The fourth-order valence-corrected chi connectivity index (χ4v) is 6.60. The van der Waals surface area contributed by atoms with Gasteiger partial charge in [-0.1, -0.05) is 23.8 Å². The second-order valence-electron chi connectivity index (χ2n) is 7.74. The Morgan fingerprint density at radius 2 is 2.07 bits per heavy atom. The maximum atomic E-state index is 12.8. The van der Waals surface area contributed by atoms with Crippen LogP contribution in [0.25, 0.3) is 0 Å². The minimum absolute atomic E-state index is 0.0947. The molecular weight excluding hydrogens is 376 g/mol. The number of amides is 1. The summed E-state index contributed by atoms with van der Waals surface area (Å²) in [6, 6.07) is 13.0. The van der Waals surface area contributed by atoms with Crippen molar-refractivity contribution >= 4 is 15.7 Å². The second-order valence-corrected chi connectivity index (χ2v) is 10.2. The van der Waals surface area contributed by atoms with E-state index in [1.807, 2.05) is 43.3 Å². The molecule has 0 bridgehead atoms. The first-order valence-electron chi connectivity index (χ1n) is 9.47. The molecule has 1 unspecified atom stereocenters. The van der Waals surface area contributed by atoms with Crippen molar-refractivity contribution < 1.29 is 17.9 Å². The van der Waals surface area contributed by atoms with Crippen molar-refractivity contribution in [2.45, 2.75) is 24.7 Å². The molecule has 2 aliphatic heterocycles. The summed E-state index contributed by atoms with van der Waals surface area (Å²) in [5.74, 6) is -0.0377. The van der Waals surface area contributed by atoms with E-state index in [1.165, 1.54) is 0 Å². The number of carbonyl (C=O) groups excluding carboxylic acids is 1. The molecule has 148 valence electrons. The number of sulfone groups is 1. The van der Waals surface area contributed by atoms with Crippen molar-refractivity contribution in [3.63, 3.8) is 0 Å². The van der Waals surface area contributed by atoms with Crippen molar-refractivity contribution in [3.05, 3.63) is 65.5 Å². The highest BCUT2D eigenvalue weighted by atomic mass is 32.2. The van der Waals surface area contributed by atoms with Gasteiger partial charge in [0.2, 0.25) is 0 Å². The molecule has 6 nitrogen and oxygen atoms in total. The maximum absolute atomic E-state index is 12.8. The van der Waals surface area contributed by atoms with Gasteiger partial charge in [-0.15, -0.1) is 0 Å². The molecule has 1 atom stereocenters. The van der Waals surface area contributed by atoms with Gasteiger partial charge in [0.1, 0.15) is 4.75 Å². The van der Waals surface area contributed by atoms with Crippen molar-refractivity contribution in [1.29, 1.82) is 0 Å². The van der Waals surface area contributed by atoms with Gasteiger partial charge in [0.15, 0.2) is 9.84 Å². The van der Waals surface area contributed by atoms with Crippen LogP contribution in [-0.2, 0) is 21.2 Å². The van der Waals surface area contributed by atoms with E-state index in [2.05, 4.69) is 4.98 Å². The molecule has 0 radical (unpaired) electrons. The Labute approximate surface area is 165 Å². The lowest BCUT2D eigenvalue weighted by atomic mass is 9.83. The highest BCUT2D eigenvalue weighted by molar-refractivity contribution is 7.93. The number of carbonyl (C=O) groups is 1. The predicted molar refractivity (Wildman–Crippen MR) is 106 cm³/mol. The number of ether oxygens (including phenoxy) is 1. The number of pyridine rings is 1. The monoisotopic (exact) mass is 400 g/mol. The Balaban J connectivity index is 1.42. The molecule has 28 heavy (non-hydrogen) atoms. The van der Waals surface area contributed by atoms with Crippen molar-refractivity contribution in [2.24, 2.45) is 5.92 Å². The second kappa shape index (κ2) is 7.29. The Kier molecular flexibility index (Phi) is 4.97. The predicted octanol–water partition coefficient (Wildman–Crippen LogP) is 2.24. The summed E-state index contributed by atoms with van der Waals surface area (Å²) < 4.78 is 30.5. The van der Waals surface area contributed by atoms with Crippen LogP contribution in [-0.4, -0.2) is 54.4 Å². The fraction of sp³-hybridized carbons (Fsp3) is 0.429. The van der Waals surface area contributed by atoms with Crippen molar-refractivity contribution in [1.82, 2.24) is 9.88 Å². The van der Waals surface area contributed by atoms with Crippen LogP contribution in [0, 0.1) is 12.8 Å². The zero-order chi connectivity index (χ0) is 19.8. The van der Waals surface area contributed by atoms with Gasteiger partial charge in [0.05, 0.1) is 24.7 Å². The molecule has 0 aliphatic carbocycles. The topological polar surface area (TPSA) is 76.6 Å². The molecular formula is C21H24N2O4S.